The normalized spacial score (nSPS) is 21.2. The molecule has 1 aliphatic rings. The number of rotatable bonds is 8. The molecule has 0 bridgehead atoms. The van der Waals surface area contributed by atoms with Crippen molar-refractivity contribution in [2.75, 3.05) is 25.5 Å². The first-order valence-corrected chi connectivity index (χ1v) is 11.9. The number of pyridine rings is 2. The van der Waals surface area contributed by atoms with Crippen molar-refractivity contribution in [3.8, 4) is 5.69 Å². The lowest BCUT2D eigenvalue weighted by molar-refractivity contribution is 0.0911. The predicted molar refractivity (Wildman–Crippen MR) is 135 cm³/mol. The Morgan fingerprint density at radius 1 is 1.19 bits per heavy atom. The number of aromatic nitrogens is 2. The van der Waals surface area contributed by atoms with Crippen LogP contribution in [0.4, 0.5) is 23.4 Å². The van der Waals surface area contributed by atoms with Crippen LogP contribution in [0.2, 0.25) is 0 Å². The molecule has 2 aromatic heterocycles. The van der Waals surface area contributed by atoms with E-state index >= 15 is 4.39 Å². The number of carbonyl (C=O) groups is 1. The van der Waals surface area contributed by atoms with Crippen LogP contribution in [0.3, 0.4) is 0 Å². The Morgan fingerprint density at radius 2 is 1.92 bits per heavy atom. The minimum Gasteiger partial charge on any atom is -0.363 e. The van der Waals surface area contributed by atoms with Gasteiger partial charge >= 0.3 is 0 Å². The topological polar surface area (TPSA) is 67.2 Å². The molecule has 0 spiro atoms. The van der Waals surface area contributed by atoms with Gasteiger partial charge in [-0.2, -0.15) is 0 Å². The van der Waals surface area contributed by atoms with Gasteiger partial charge in [0.2, 0.25) is 5.43 Å². The summed E-state index contributed by atoms with van der Waals surface area (Å²) in [6, 6.07) is 5.98. The molecule has 10 heteroatoms. The van der Waals surface area contributed by atoms with Gasteiger partial charge in [0.05, 0.1) is 11.1 Å². The molecule has 6 nitrogen and oxygen atoms in total. The van der Waals surface area contributed by atoms with Gasteiger partial charge in [0.1, 0.15) is 34.4 Å². The van der Waals surface area contributed by atoms with E-state index in [4.69, 9.17) is 0 Å². The standard InChI is InChI=1S/C27H28F4N4O2/c1-4-9-26(30)10-11-27(31,16-26)12-13-32-25(37)19-15-35(21-7-5-17(28)14-20(21)29)24-18(23(19)36)6-8-22(33-24)34(2)3/h4-8,14-15H,1,9-13,16H2,2-3H3,(H,32,37). The van der Waals surface area contributed by atoms with Crippen LogP contribution in [0.1, 0.15) is 42.5 Å². The zero-order valence-corrected chi connectivity index (χ0v) is 20.7. The molecule has 3 aromatic rings. The Morgan fingerprint density at radius 3 is 2.59 bits per heavy atom. The summed E-state index contributed by atoms with van der Waals surface area (Å²) in [6.07, 6.45) is 2.33. The number of allylic oxidation sites excluding steroid dienone is 1. The number of nitrogens with zero attached hydrogens (tertiary/aromatic N) is 3. The highest BCUT2D eigenvalue weighted by Gasteiger charge is 2.48. The molecule has 37 heavy (non-hydrogen) atoms. The average molecular weight is 517 g/mol. The highest BCUT2D eigenvalue weighted by atomic mass is 19.2. The number of carbonyl (C=O) groups excluding carboxylic acids is 1. The van der Waals surface area contributed by atoms with Gasteiger partial charge in [-0.3, -0.25) is 14.2 Å². The fourth-order valence-electron chi connectivity index (χ4n) is 4.80. The van der Waals surface area contributed by atoms with Crippen molar-refractivity contribution in [2.45, 2.75) is 43.4 Å². The second kappa shape index (κ2) is 9.99. The number of alkyl halides is 2. The van der Waals surface area contributed by atoms with E-state index in [2.05, 4.69) is 16.9 Å². The van der Waals surface area contributed by atoms with Crippen LogP contribution in [-0.2, 0) is 0 Å². The van der Waals surface area contributed by atoms with E-state index in [1.54, 1.807) is 25.1 Å². The van der Waals surface area contributed by atoms with Crippen molar-refractivity contribution in [3.63, 3.8) is 0 Å². The maximum atomic E-state index is 15.2. The van der Waals surface area contributed by atoms with E-state index in [1.165, 1.54) is 22.8 Å². The smallest absolute Gasteiger partial charge is 0.256 e. The summed E-state index contributed by atoms with van der Waals surface area (Å²) in [5.41, 5.74) is -4.43. The molecule has 0 radical (unpaired) electrons. The fraction of sp³-hybridized carbons (Fsp3) is 0.370. The second-order valence-corrected chi connectivity index (χ2v) is 9.75. The molecule has 1 aromatic carbocycles. The number of amides is 1. The maximum Gasteiger partial charge on any atom is 0.256 e. The van der Waals surface area contributed by atoms with Crippen LogP contribution in [0, 0.1) is 11.6 Å². The van der Waals surface area contributed by atoms with Gasteiger partial charge in [-0.05, 0) is 49.9 Å². The minimum absolute atomic E-state index is 0.0275. The van der Waals surface area contributed by atoms with Crippen LogP contribution in [0.5, 0.6) is 0 Å². The summed E-state index contributed by atoms with van der Waals surface area (Å²) in [6.45, 7) is 3.39. The quantitative estimate of drug-likeness (QED) is 0.337. The van der Waals surface area contributed by atoms with Gasteiger partial charge in [0.15, 0.2) is 5.65 Å². The summed E-state index contributed by atoms with van der Waals surface area (Å²) in [5, 5.41) is 2.58. The van der Waals surface area contributed by atoms with Crippen LogP contribution < -0.4 is 15.6 Å². The highest BCUT2D eigenvalue weighted by molar-refractivity contribution is 5.97. The molecule has 2 unspecified atom stereocenters. The minimum atomic E-state index is -1.78. The van der Waals surface area contributed by atoms with Gasteiger partial charge in [-0.1, -0.05) is 6.08 Å². The van der Waals surface area contributed by atoms with Crippen LogP contribution in [0.15, 0.2) is 54.0 Å². The third kappa shape index (κ3) is 5.38. The zero-order valence-electron chi connectivity index (χ0n) is 20.7. The summed E-state index contributed by atoms with van der Waals surface area (Å²) in [7, 11) is 3.48. The molecule has 1 saturated carbocycles. The number of hydrogen-bond acceptors (Lipinski definition) is 4. The number of nitrogens with one attached hydrogen (secondary N) is 1. The molecule has 1 aliphatic carbocycles. The third-order valence-electron chi connectivity index (χ3n) is 6.73. The summed E-state index contributed by atoms with van der Waals surface area (Å²) in [4.78, 5) is 32.3. The number of halogens is 4. The lowest BCUT2D eigenvalue weighted by Crippen LogP contribution is -2.34. The van der Waals surface area contributed by atoms with Crippen molar-refractivity contribution in [1.29, 1.82) is 0 Å². The number of fused-ring (bicyclic) bond motifs is 1. The lowest BCUT2D eigenvalue weighted by atomic mass is 9.95. The van der Waals surface area contributed by atoms with Gasteiger partial charge in [-0.25, -0.2) is 22.5 Å². The SMILES string of the molecule is C=CCC1(F)CCC(F)(CCNC(=O)c2cn(-c3ccc(F)cc3F)c3nc(N(C)C)ccc3c2=O)C1. The molecule has 4 rings (SSSR count). The molecule has 1 amide bonds. The molecule has 2 atom stereocenters. The Labute approximate surface area is 211 Å². The number of benzene rings is 1. The molecule has 196 valence electrons. The van der Waals surface area contributed by atoms with E-state index in [0.29, 0.717) is 11.9 Å². The van der Waals surface area contributed by atoms with Crippen molar-refractivity contribution in [3.05, 3.63) is 76.6 Å². The van der Waals surface area contributed by atoms with E-state index in [9.17, 15) is 22.8 Å². The van der Waals surface area contributed by atoms with Crippen LogP contribution >= 0.6 is 0 Å². The first-order chi connectivity index (χ1) is 17.4. The predicted octanol–water partition coefficient (Wildman–Crippen LogP) is 5.03. The van der Waals surface area contributed by atoms with Crippen LogP contribution in [-0.4, -0.2) is 47.4 Å². The molecule has 1 N–H and O–H groups in total. The molecule has 2 heterocycles. The van der Waals surface area contributed by atoms with E-state index in [1.807, 2.05) is 0 Å². The average Bonchev–Trinajstić information content (AvgIpc) is 3.14. The van der Waals surface area contributed by atoms with Gasteiger partial charge in [0, 0.05) is 39.3 Å². The number of anilines is 1. The molecule has 0 aliphatic heterocycles. The summed E-state index contributed by atoms with van der Waals surface area (Å²) in [5.74, 6) is -2.02. The second-order valence-electron chi connectivity index (χ2n) is 9.75. The molecular weight excluding hydrogens is 488 g/mol. The molecular formula is C27H28F4N4O2. The third-order valence-corrected chi connectivity index (χ3v) is 6.73. The Kier molecular flexibility index (Phi) is 7.12. The van der Waals surface area contributed by atoms with Crippen LogP contribution in [0.25, 0.3) is 16.7 Å². The van der Waals surface area contributed by atoms with Gasteiger partial charge in [-0.15, -0.1) is 6.58 Å². The summed E-state index contributed by atoms with van der Waals surface area (Å²) < 4.78 is 59.4. The summed E-state index contributed by atoms with van der Waals surface area (Å²) >= 11 is 0. The largest absolute Gasteiger partial charge is 0.363 e. The molecule has 1 fully saturated rings. The first kappa shape index (κ1) is 26.4. The van der Waals surface area contributed by atoms with Crippen molar-refractivity contribution < 1.29 is 22.4 Å². The number of hydrogen-bond donors (Lipinski definition) is 1. The van der Waals surface area contributed by atoms with E-state index < -0.39 is 34.3 Å². The van der Waals surface area contributed by atoms with Crippen molar-refractivity contribution in [2.24, 2.45) is 0 Å². The van der Waals surface area contributed by atoms with Gasteiger partial charge in [0.25, 0.3) is 5.91 Å². The van der Waals surface area contributed by atoms with Crippen molar-refractivity contribution in [1.82, 2.24) is 14.9 Å². The molecule has 0 saturated heterocycles. The highest BCUT2D eigenvalue weighted by Crippen LogP contribution is 2.46. The van der Waals surface area contributed by atoms with Gasteiger partial charge < -0.3 is 10.2 Å². The first-order valence-electron chi connectivity index (χ1n) is 11.9. The monoisotopic (exact) mass is 516 g/mol. The maximum absolute atomic E-state index is 15.2. The Balaban J connectivity index is 1.66. The van der Waals surface area contributed by atoms with Crippen molar-refractivity contribution >= 4 is 22.8 Å². The van der Waals surface area contributed by atoms with E-state index in [0.717, 1.165) is 12.3 Å². The Hall–Kier alpha value is -3.69. The zero-order chi connectivity index (χ0) is 27.0. The fourth-order valence-corrected chi connectivity index (χ4v) is 4.80. The Bertz CT molecular complexity index is 1420. The lowest BCUT2D eigenvalue weighted by Gasteiger charge is -2.22. The van der Waals surface area contributed by atoms with E-state index in [-0.39, 0.29) is 60.9 Å².